The molecule has 1 saturated heterocycles. The number of para-hydroxylation sites is 1. The predicted octanol–water partition coefficient (Wildman–Crippen LogP) is 3.67. The van der Waals surface area contributed by atoms with Crippen LogP contribution in [0.15, 0.2) is 52.5 Å². The average Bonchev–Trinajstić information content (AvgIpc) is 3.24. The van der Waals surface area contributed by atoms with Crippen LogP contribution in [0.3, 0.4) is 0 Å². The summed E-state index contributed by atoms with van der Waals surface area (Å²) >= 11 is 0. The van der Waals surface area contributed by atoms with Crippen molar-refractivity contribution in [1.29, 1.82) is 0 Å². The molecular formula is C30H38N6O3. The van der Waals surface area contributed by atoms with Gasteiger partial charge in [0, 0.05) is 47.3 Å². The van der Waals surface area contributed by atoms with Crippen LogP contribution in [0, 0.1) is 19.8 Å². The fourth-order valence-corrected chi connectivity index (χ4v) is 6.07. The van der Waals surface area contributed by atoms with Crippen LogP contribution in [0.4, 0.5) is 0 Å². The van der Waals surface area contributed by atoms with E-state index in [0.29, 0.717) is 28.5 Å². The van der Waals surface area contributed by atoms with E-state index >= 15 is 0 Å². The number of aryl methyl sites for hydroxylation is 1. The number of aromatic amines is 1. The van der Waals surface area contributed by atoms with E-state index in [1.807, 2.05) is 37.5 Å². The van der Waals surface area contributed by atoms with Gasteiger partial charge in [-0.05, 0) is 64.8 Å². The highest BCUT2D eigenvalue weighted by molar-refractivity contribution is 6.08. The number of nitrogens with one attached hydrogen (secondary N) is 3. The Balaban J connectivity index is 1.34. The van der Waals surface area contributed by atoms with E-state index in [-0.39, 0.29) is 24.1 Å². The zero-order chi connectivity index (χ0) is 27.5. The first kappa shape index (κ1) is 26.7. The van der Waals surface area contributed by atoms with E-state index in [4.69, 9.17) is 4.74 Å². The van der Waals surface area contributed by atoms with E-state index in [1.165, 1.54) is 12.8 Å². The number of fused-ring (bicyclic) bond motifs is 1. The molecule has 9 heteroatoms. The Morgan fingerprint density at radius 2 is 2.00 bits per heavy atom. The lowest BCUT2D eigenvalue weighted by Crippen LogP contribution is -2.41. The number of pyridine rings is 1. The van der Waals surface area contributed by atoms with Gasteiger partial charge >= 0.3 is 0 Å². The number of piperidine rings is 1. The third-order valence-corrected chi connectivity index (χ3v) is 8.14. The standard InChI is InChI=1S/C30H38N6O3/c1-19-15-27(39-4)25(29(37)34-19)17-33-30(38)28-21(3)36(26-8-6-5-7-24(26)28)20(2)22-9-13-35(14-10-22)18-23-16-31-11-12-32-23/h5-8,11-12,15,20,22,31H,9-10,13-14,16-18H2,1-4H3,(H,33,38)(H,34,37)/t20-/m1/s1. The molecule has 0 radical (unpaired) electrons. The summed E-state index contributed by atoms with van der Waals surface area (Å²) in [7, 11) is 1.53. The summed E-state index contributed by atoms with van der Waals surface area (Å²) in [6.07, 6.45) is 5.91. The number of amides is 1. The second kappa shape index (κ2) is 11.5. The van der Waals surface area contributed by atoms with Gasteiger partial charge in [0.15, 0.2) is 0 Å². The molecule has 3 N–H and O–H groups in total. The zero-order valence-corrected chi connectivity index (χ0v) is 23.2. The number of H-pyrrole nitrogens is 1. The van der Waals surface area contributed by atoms with E-state index in [2.05, 4.69) is 43.1 Å². The van der Waals surface area contributed by atoms with Crippen molar-refractivity contribution in [3.63, 3.8) is 0 Å². The van der Waals surface area contributed by atoms with Crippen LogP contribution in [0.1, 0.15) is 53.1 Å². The maximum Gasteiger partial charge on any atom is 0.256 e. The van der Waals surface area contributed by atoms with E-state index in [1.54, 1.807) is 13.0 Å². The predicted molar refractivity (Wildman–Crippen MR) is 155 cm³/mol. The lowest BCUT2D eigenvalue weighted by atomic mass is 9.89. The van der Waals surface area contributed by atoms with Gasteiger partial charge in [-0.1, -0.05) is 18.2 Å². The number of carbonyl (C=O) groups excluding carboxylic acids is 1. The van der Waals surface area contributed by atoms with Crippen molar-refractivity contribution in [3.8, 4) is 5.75 Å². The molecule has 1 fully saturated rings. The monoisotopic (exact) mass is 530 g/mol. The van der Waals surface area contributed by atoms with Gasteiger partial charge in [0.2, 0.25) is 0 Å². The van der Waals surface area contributed by atoms with Crippen molar-refractivity contribution >= 4 is 22.5 Å². The van der Waals surface area contributed by atoms with Crippen LogP contribution >= 0.6 is 0 Å². The van der Waals surface area contributed by atoms with Gasteiger partial charge < -0.3 is 24.9 Å². The molecular weight excluding hydrogens is 492 g/mol. The second-order valence-electron chi connectivity index (χ2n) is 10.6. The lowest BCUT2D eigenvalue weighted by Gasteiger charge is -2.36. The molecule has 1 aromatic carbocycles. The number of carbonyl (C=O) groups is 1. The molecule has 1 amide bonds. The Kier molecular flexibility index (Phi) is 7.88. The van der Waals surface area contributed by atoms with Crippen LogP contribution in [0.5, 0.6) is 5.75 Å². The molecule has 2 aliphatic rings. The van der Waals surface area contributed by atoms with E-state index < -0.39 is 0 Å². The molecule has 2 aliphatic heterocycles. The molecule has 9 nitrogen and oxygen atoms in total. The maximum atomic E-state index is 13.6. The first-order valence-corrected chi connectivity index (χ1v) is 13.7. The van der Waals surface area contributed by atoms with Crippen LogP contribution < -0.4 is 20.9 Å². The zero-order valence-electron chi connectivity index (χ0n) is 23.2. The van der Waals surface area contributed by atoms with Crippen molar-refractivity contribution < 1.29 is 9.53 Å². The van der Waals surface area contributed by atoms with Crippen molar-refractivity contribution in [1.82, 2.24) is 25.1 Å². The van der Waals surface area contributed by atoms with E-state index in [0.717, 1.165) is 55.6 Å². The lowest BCUT2D eigenvalue weighted by molar-refractivity contribution is 0.0951. The number of nitrogens with zero attached hydrogens (tertiary/aromatic N) is 3. The Labute approximate surface area is 229 Å². The van der Waals surface area contributed by atoms with Crippen LogP contribution in [0.2, 0.25) is 0 Å². The van der Waals surface area contributed by atoms with E-state index in [9.17, 15) is 9.59 Å². The topological polar surface area (TPSA) is 104 Å². The highest BCUT2D eigenvalue weighted by atomic mass is 16.5. The number of likely N-dealkylation sites (tertiary alicyclic amines) is 1. The minimum Gasteiger partial charge on any atom is -0.496 e. The third kappa shape index (κ3) is 5.49. The highest BCUT2D eigenvalue weighted by Crippen LogP contribution is 2.35. The molecule has 39 heavy (non-hydrogen) atoms. The first-order valence-electron chi connectivity index (χ1n) is 13.7. The molecule has 4 heterocycles. The summed E-state index contributed by atoms with van der Waals surface area (Å²) in [6, 6.07) is 10.1. The minimum absolute atomic E-state index is 0.0845. The Hall–Kier alpha value is -3.85. The molecule has 0 bridgehead atoms. The fraction of sp³-hybridized carbons (Fsp3) is 0.433. The molecule has 0 saturated carbocycles. The van der Waals surface area contributed by atoms with Crippen molar-refractivity contribution in [3.05, 3.63) is 75.6 Å². The number of methoxy groups -OCH3 is 1. The summed E-state index contributed by atoms with van der Waals surface area (Å²) in [5.74, 6) is 0.787. The van der Waals surface area contributed by atoms with Gasteiger partial charge in [0.1, 0.15) is 5.75 Å². The number of hydrogen-bond acceptors (Lipinski definition) is 6. The Morgan fingerprint density at radius 3 is 2.72 bits per heavy atom. The molecule has 2 aromatic heterocycles. The van der Waals surface area contributed by atoms with Crippen molar-refractivity contribution in [2.24, 2.45) is 10.9 Å². The van der Waals surface area contributed by atoms with Crippen LogP contribution in [0.25, 0.3) is 10.9 Å². The van der Waals surface area contributed by atoms with Crippen molar-refractivity contribution in [2.45, 2.75) is 46.2 Å². The van der Waals surface area contributed by atoms with Gasteiger partial charge in [-0.3, -0.25) is 19.5 Å². The SMILES string of the molecule is COc1cc(C)[nH]c(=O)c1CNC(=O)c1c(C)n([C@H](C)C2CCN(CC3=NC=CNC3)CC2)c2ccccc12. The number of benzene rings is 1. The maximum absolute atomic E-state index is 13.6. The molecule has 0 spiro atoms. The summed E-state index contributed by atoms with van der Waals surface area (Å²) in [6.45, 7) is 9.99. The summed E-state index contributed by atoms with van der Waals surface area (Å²) < 4.78 is 7.74. The number of hydrogen-bond donors (Lipinski definition) is 3. The van der Waals surface area contributed by atoms with Gasteiger partial charge in [-0.25, -0.2) is 0 Å². The molecule has 5 rings (SSSR count). The number of rotatable bonds is 8. The summed E-state index contributed by atoms with van der Waals surface area (Å²) in [4.78, 5) is 35.9. The minimum atomic E-state index is -0.255. The highest BCUT2D eigenvalue weighted by Gasteiger charge is 2.29. The molecule has 3 aromatic rings. The summed E-state index contributed by atoms with van der Waals surface area (Å²) in [5.41, 5.74) is 4.71. The van der Waals surface area contributed by atoms with Gasteiger partial charge in [0.25, 0.3) is 11.5 Å². The third-order valence-electron chi connectivity index (χ3n) is 8.14. The second-order valence-corrected chi connectivity index (χ2v) is 10.6. The van der Waals surface area contributed by atoms with Crippen LogP contribution in [-0.2, 0) is 6.54 Å². The molecule has 0 unspecified atom stereocenters. The van der Waals surface area contributed by atoms with Gasteiger partial charge in [0.05, 0.1) is 37.0 Å². The number of aliphatic imine (C=N–C) groups is 1. The number of ether oxygens (including phenoxy) is 1. The summed E-state index contributed by atoms with van der Waals surface area (Å²) in [5, 5.41) is 7.15. The Morgan fingerprint density at radius 1 is 1.23 bits per heavy atom. The Bertz CT molecular complexity index is 1480. The molecule has 1 atom stereocenters. The van der Waals surface area contributed by atoms with Crippen molar-refractivity contribution in [2.75, 3.05) is 33.3 Å². The molecule has 0 aliphatic carbocycles. The number of aromatic nitrogens is 2. The van der Waals surface area contributed by atoms with Gasteiger partial charge in [-0.2, -0.15) is 0 Å². The van der Waals surface area contributed by atoms with Gasteiger partial charge in [-0.15, -0.1) is 0 Å². The first-order chi connectivity index (χ1) is 18.9. The normalized spacial score (nSPS) is 17.1. The largest absolute Gasteiger partial charge is 0.496 e. The smallest absolute Gasteiger partial charge is 0.256 e. The average molecular weight is 531 g/mol. The van der Waals surface area contributed by atoms with Crippen LogP contribution in [-0.4, -0.2) is 59.4 Å². The molecule has 206 valence electrons. The quantitative estimate of drug-likeness (QED) is 0.412. The fourth-order valence-electron chi connectivity index (χ4n) is 6.07.